The Morgan fingerprint density at radius 2 is 2.14 bits per heavy atom. The van der Waals surface area contributed by atoms with Crippen molar-refractivity contribution in [3.63, 3.8) is 0 Å². The van der Waals surface area contributed by atoms with Gasteiger partial charge in [0.05, 0.1) is 0 Å². The van der Waals surface area contributed by atoms with Gasteiger partial charge in [0, 0.05) is 23.5 Å². The molecule has 1 N–H and O–H groups in total. The molecule has 0 saturated carbocycles. The second-order valence-corrected chi connectivity index (χ2v) is 5.81. The van der Waals surface area contributed by atoms with E-state index < -0.39 is 5.91 Å². The fourth-order valence-electron chi connectivity index (χ4n) is 1.94. The summed E-state index contributed by atoms with van der Waals surface area (Å²) >= 11 is 1.40. The molecule has 0 aliphatic carbocycles. The predicted molar refractivity (Wildman–Crippen MR) is 81.0 cm³/mol. The second-order valence-electron chi connectivity index (χ2n) is 4.59. The maximum atomic E-state index is 12.3. The lowest BCUT2D eigenvalue weighted by molar-refractivity contribution is 0.102. The Balaban J connectivity index is 2.00. The van der Waals surface area contributed by atoms with E-state index in [0.29, 0.717) is 10.8 Å². The first-order valence-electron chi connectivity index (χ1n) is 6.27. The van der Waals surface area contributed by atoms with Gasteiger partial charge in [0.2, 0.25) is 0 Å². The van der Waals surface area contributed by atoms with Crippen LogP contribution in [0.15, 0.2) is 35.5 Å². The minimum Gasteiger partial charge on any atom is -0.306 e. The van der Waals surface area contributed by atoms with Crippen molar-refractivity contribution in [3.8, 4) is 0 Å². The summed E-state index contributed by atoms with van der Waals surface area (Å²) < 4.78 is 1.39. The Morgan fingerprint density at radius 1 is 1.33 bits per heavy atom. The molecule has 7 heteroatoms. The van der Waals surface area contributed by atoms with E-state index in [0.717, 1.165) is 10.4 Å². The number of rotatable bonds is 2. The summed E-state index contributed by atoms with van der Waals surface area (Å²) in [6, 6.07) is 3.61. The Hall–Kier alpha value is -2.54. The molecule has 0 saturated heterocycles. The first kappa shape index (κ1) is 13.4. The number of hydrogen-bond acceptors (Lipinski definition) is 5. The number of anilines is 1. The first-order chi connectivity index (χ1) is 10.1. The third-order valence-electron chi connectivity index (χ3n) is 3.01. The van der Waals surface area contributed by atoms with Crippen molar-refractivity contribution in [1.29, 1.82) is 0 Å². The summed E-state index contributed by atoms with van der Waals surface area (Å²) in [6.07, 6.45) is 4.57. The van der Waals surface area contributed by atoms with Gasteiger partial charge in [-0.2, -0.15) is 0 Å². The standard InChI is InChI=1S/C14H12N4O2S/c1-8-4-3-5-15-11(8)17-12(19)10-6-16-14-18(13(10)20)7-9(2)21-14/h3-7H,1-2H3,(H,15,17,19). The van der Waals surface area contributed by atoms with Gasteiger partial charge in [-0.05, 0) is 25.5 Å². The van der Waals surface area contributed by atoms with E-state index >= 15 is 0 Å². The molecule has 0 radical (unpaired) electrons. The summed E-state index contributed by atoms with van der Waals surface area (Å²) in [5.41, 5.74) is 0.442. The lowest BCUT2D eigenvalue weighted by Gasteiger charge is -2.06. The van der Waals surface area contributed by atoms with Crippen LogP contribution in [0.25, 0.3) is 4.96 Å². The third kappa shape index (κ3) is 2.43. The van der Waals surface area contributed by atoms with Crippen molar-refractivity contribution in [2.45, 2.75) is 13.8 Å². The number of carbonyl (C=O) groups is 1. The molecule has 0 aliphatic heterocycles. The first-order valence-corrected chi connectivity index (χ1v) is 7.08. The number of hydrogen-bond donors (Lipinski definition) is 1. The zero-order valence-corrected chi connectivity index (χ0v) is 12.3. The zero-order valence-electron chi connectivity index (χ0n) is 11.5. The van der Waals surface area contributed by atoms with Crippen LogP contribution in [0.5, 0.6) is 0 Å². The summed E-state index contributed by atoms with van der Waals surface area (Å²) in [5.74, 6) is -0.0685. The van der Waals surface area contributed by atoms with Crippen molar-refractivity contribution in [2.24, 2.45) is 0 Å². The zero-order chi connectivity index (χ0) is 15.0. The second kappa shape index (κ2) is 5.10. The number of aryl methyl sites for hydroxylation is 2. The number of pyridine rings is 1. The van der Waals surface area contributed by atoms with Gasteiger partial charge >= 0.3 is 0 Å². The van der Waals surface area contributed by atoms with Gasteiger partial charge in [-0.15, -0.1) is 11.3 Å². The minimum absolute atomic E-state index is 0.00430. The molecule has 0 bridgehead atoms. The van der Waals surface area contributed by atoms with Crippen LogP contribution < -0.4 is 10.9 Å². The van der Waals surface area contributed by atoms with E-state index in [9.17, 15) is 9.59 Å². The van der Waals surface area contributed by atoms with Crippen molar-refractivity contribution in [2.75, 3.05) is 5.32 Å². The molecule has 0 unspecified atom stereocenters. The highest BCUT2D eigenvalue weighted by Gasteiger charge is 2.15. The van der Waals surface area contributed by atoms with E-state index in [4.69, 9.17) is 0 Å². The van der Waals surface area contributed by atoms with Crippen molar-refractivity contribution in [1.82, 2.24) is 14.4 Å². The Bertz CT molecular complexity index is 897. The van der Waals surface area contributed by atoms with E-state index in [2.05, 4.69) is 15.3 Å². The average Bonchev–Trinajstić information content (AvgIpc) is 2.83. The number of fused-ring (bicyclic) bond motifs is 1. The number of amides is 1. The molecule has 0 fully saturated rings. The topological polar surface area (TPSA) is 76.4 Å². The van der Waals surface area contributed by atoms with Crippen molar-refractivity contribution < 1.29 is 4.79 Å². The number of nitrogens with zero attached hydrogens (tertiary/aromatic N) is 3. The summed E-state index contributed by atoms with van der Waals surface area (Å²) in [6.45, 7) is 3.72. The molecule has 0 aromatic carbocycles. The quantitative estimate of drug-likeness (QED) is 0.785. The SMILES string of the molecule is Cc1cn2c(=O)c(C(=O)Nc3ncccc3C)cnc2s1. The summed E-state index contributed by atoms with van der Waals surface area (Å²) in [5, 5.41) is 2.64. The van der Waals surface area contributed by atoms with Gasteiger partial charge < -0.3 is 5.32 Å². The van der Waals surface area contributed by atoms with Gasteiger partial charge in [0.1, 0.15) is 11.4 Å². The van der Waals surface area contributed by atoms with Gasteiger partial charge in [-0.1, -0.05) is 6.07 Å². The molecule has 3 aromatic rings. The van der Waals surface area contributed by atoms with E-state index in [1.54, 1.807) is 18.5 Å². The molecular formula is C14H12N4O2S. The molecule has 0 atom stereocenters. The molecule has 6 nitrogen and oxygen atoms in total. The lowest BCUT2D eigenvalue weighted by Crippen LogP contribution is -2.26. The van der Waals surface area contributed by atoms with Crippen LogP contribution in [0.4, 0.5) is 5.82 Å². The highest BCUT2D eigenvalue weighted by atomic mass is 32.1. The van der Waals surface area contributed by atoms with Crippen LogP contribution in [-0.2, 0) is 0 Å². The molecule has 3 heterocycles. The van der Waals surface area contributed by atoms with Crippen LogP contribution in [0, 0.1) is 13.8 Å². The molecule has 0 aliphatic rings. The van der Waals surface area contributed by atoms with Crippen molar-refractivity contribution in [3.05, 3.63) is 57.1 Å². The van der Waals surface area contributed by atoms with Gasteiger partial charge in [-0.3, -0.25) is 14.0 Å². The van der Waals surface area contributed by atoms with Gasteiger partial charge in [0.25, 0.3) is 11.5 Å². The normalized spacial score (nSPS) is 10.8. The maximum Gasteiger partial charge on any atom is 0.271 e. The Morgan fingerprint density at radius 3 is 2.90 bits per heavy atom. The number of aromatic nitrogens is 3. The number of thiazole rings is 1. The molecule has 106 valence electrons. The van der Waals surface area contributed by atoms with Crippen LogP contribution in [0.2, 0.25) is 0 Å². The average molecular weight is 300 g/mol. The fraction of sp³-hybridized carbons (Fsp3) is 0.143. The highest BCUT2D eigenvalue weighted by Crippen LogP contribution is 2.14. The van der Waals surface area contributed by atoms with Gasteiger partial charge in [-0.25, -0.2) is 9.97 Å². The molecule has 1 amide bonds. The van der Waals surface area contributed by atoms with Crippen molar-refractivity contribution >= 4 is 28.0 Å². The maximum absolute atomic E-state index is 12.3. The lowest BCUT2D eigenvalue weighted by atomic mass is 10.2. The largest absolute Gasteiger partial charge is 0.306 e. The van der Waals surface area contributed by atoms with Gasteiger partial charge in [0.15, 0.2) is 4.96 Å². The Kier molecular flexibility index (Phi) is 3.26. The van der Waals surface area contributed by atoms with E-state index in [1.165, 1.54) is 21.9 Å². The molecular weight excluding hydrogens is 288 g/mol. The summed E-state index contributed by atoms with van der Waals surface area (Å²) in [7, 11) is 0. The van der Waals surface area contributed by atoms with Crippen LogP contribution >= 0.6 is 11.3 Å². The molecule has 3 rings (SSSR count). The fourth-order valence-corrected chi connectivity index (χ4v) is 2.73. The monoisotopic (exact) mass is 300 g/mol. The van der Waals surface area contributed by atoms with Crippen LogP contribution in [0.3, 0.4) is 0 Å². The predicted octanol–water partition coefficient (Wildman–Crippen LogP) is 2.02. The smallest absolute Gasteiger partial charge is 0.271 e. The minimum atomic E-state index is -0.507. The van der Waals surface area contributed by atoms with Crippen LogP contribution in [-0.4, -0.2) is 20.3 Å². The highest BCUT2D eigenvalue weighted by molar-refractivity contribution is 7.16. The van der Waals surface area contributed by atoms with Crippen LogP contribution in [0.1, 0.15) is 20.8 Å². The Labute approximate surface area is 124 Å². The number of nitrogens with one attached hydrogen (secondary N) is 1. The molecule has 21 heavy (non-hydrogen) atoms. The molecule has 0 spiro atoms. The molecule has 3 aromatic heterocycles. The number of carbonyl (C=O) groups excluding carboxylic acids is 1. The van der Waals surface area contributed by atoms with E-state index in [1.807, 2.05) is 19.9 Å². The summed E-state index contributed by atoms with van der Waals surface area (Å²) in [4.78, 5) is 34.3. The third-order valence-corrected chi connectivity index (χ3v) is 3.92. The van der Waals surface area contributed by atoms with E-state index in [-0.39, 0.29) is 11.1 Å².